The maximum Gasteiger partial charge on any atom is 0.273 e. The van der Waals surface area contributed by atoms with Crippen LogP contribution in [0.5, 0.6) is 0 Å². The molecule has 1 aromatic heterocycles. The van der Waals surface area contributed by atoms with Crippen LogP contribution in [0.25, 0.3) is 17.3 Å². The van der Waals surface area contributed by atoms with Crippen LogP contribution in [0.2, 0.25) is 0 Å². The van der Waals surface area contributed by atoms with Crippen LogP contribution in [0.4, 0.5) is 0 Å². The average Bonchev–Trinajstić information content (AvgIpc) is 3.00. The van der Waals surface area contributed by atoms with Gasteiger partial charge in [-0.05, 0) is 36.6 Å². The van der Waals surface area contributed by atoms with Gasteiger partial charge in [0.2, 0.25) is 0 Å². The minimum Gasteiger partial charge on any atom is -0.267 e. The molecule has 5 heteroatoms. The Bertz CT molecular complexity index is 1230. The van der Waals surface area contributed by atoms with Gasteiger partial charge >= 0.3 is 0 Å². The third-order valence-electron chi connectivity index (χ3n) is 4.25. The van der Waals surface area contributed by atoms with Crippen LogP contribution in [0.1, 0.15) is 23.6 Å². The predicted molar refractivity (Wildman–Crippen MR) is 108 cm³/mol. The molecule has 0 atom stereocenters. The number of rotatable bonds is 3. The van der Waals surface area contributed by atoms with Gasteiger partial charge in [0.15, 0.2) is 5.57 Å². The first-order chi connectivity index (χ1) is 13.1. The van der Waals surface area contributed by atoms with Gasteiger partial charge in [-0.1, -0.05) is 55.0 Å². The lowest BCUT2D eigenvalue weighted by atomic mass is 10.1. The van der Waals surface area contributed by atoms with Crippen LogP contribution in [-0.2, 0) is 6.42 Å². The van der Waals surface area contributed by atoms with E-state index in [0.717, 1.165) is 23.1 Å². The van der Waals surface area contributed by atoms with Crippen molar-refractivity contribution in [3.8, 4) is 17.8 Å². The second-order valence-corrected chi connectivity index (χ2v) is 7.08. The Morgan fingerprint density at radius 2 is 1.78 bits per heavy atom. The van der Waals surface area contributed by atoms with Gasteiger partial charge < -0.3 is 0 Å². The molecule has 0 fully saturated rings. The Kier molecular flexibility index (Phi) is 5.35. The van der Waals surface area contributed by atoms with Gasteiger partial charge in [0.1, 0.15) is 16.8 Å². The molecule has 132 valence electrons. The van der Waals surface area contributed by atoms with E-state index in [9.17, 15) is 15.3 Å². The lowest BCUT2D eigenvalue weighted by molar-refractivity contribution is 0.953. The van der Waals surface area contributed by atoms with Crippen molar-refractivity contribution >= 4 is 23.0 Å². The topological polar surface area (TPSA) is 69.6 Å². The number of hydrogen-bond donors (Lipinski definition) is 0. The molecule has 1 heterocycles. The largest absolute Gasteiger partial charge is 0.273 e. The van der Waals surface area contributed by atoms with Crippen molar-refractivity contribution in [2.75, 3.05) is 0 Å². The first-order valence-corrected chi connectivity index (χ1v) is 9.33. The van der Waals surface area contributed by atoms with Crippen LogP contribution in [0, 0.1) is 29.6 Å². The molecule has 0 amide bonds. The molecule has 0 aliphatic carbocycles. The zero-order chi connectivity index (χ0) is 19.4. The van der Waals surface area contributed by atoms with E-state index in [-0.39, 0.29) is 11.1 Å². The molecule has 0 aliphatic rings. The SMILES string of the molecule is CCc1ccccc1-n1c(=C(C#N)C#N)s/c(=C/c2ccc(C)cc2)c1=O. The summed E-state index contributed by atoms with van der Waals surface area (Å²) >= 11 is 1.17. The second-order valence-electron chi connectivity index (χ2n) is 6.05. The lowest BCUT2D eigenvalue weighted by Crippen LogP contribution is -2.31. The van der Waals surface area contributed by atoms with Gasteiger partial charge in [-0.3, -0.25) is 9.36 Å². The summed E-state index contributed by atoms with van der Waals surface area (Å²) in [5, 5.41) is 18.7. The summed E-state index contributed by atoms with van der Waals surface area (Å²) in [7, 11) is 0. The summed E-state index contributed by atoms with van der Waals surface area (Å²) in [6.07, 6.45) is 2.54. The van der Waals surface area contributed by atoms with Crippen molar-refractivity contribution in [3.63, 3.8) is 0 Å². The molecule has 27 heavy (non-hydrogen) atoms. The lowest BCUT2D eigenvalue weighted by Gasteiger charge is -2.08. The quantitative estimate of drug-likeness (QED) is 0.711. The van der Waals surface area contributed by atoms with Crippen molar-refractivity contribution in [3.05, 3.63) is 84.8 Å². The fourth-order valence-corrected chi connectivity index (χ4v) is 3.88. The number of nitriles is 2. The molecular formula is C22H17N3OS. The predicted octanol–water partition coefficient (Wildman–Crippen LogP) is 2.80. The standard InChI is InChI=1S/C22H17N3OS/c1-3-17-6-4-5-7-19(17)25-21(26)20(27-22(25)18(13-23)14-24)12-16-10-8-15(2)9-11-16/h4-12H,3H2,1-2H3/b20-12+. The number of thiazole rings is 1. The summed E-state index contributed by atoms with van der Waals surface area (Å²) in [5.41, 5.74) is 3.44. The first kappa shape index (κ1) is 18.4. The summed E-state index contributed by atoms with van der Waals surface area (Å²) in [6, 6.07) is 19.2. The fourth-order valence-electron chi connectivity index (χ4n) is 2.83. The summed E-state index contributed by atoms with van der Waals surface area (Å²) in [5.74, 6) is 0. The molecule has 0 saturated heterocycles. The molecule has 4 nitrogen and oxygen atoms in total. The summed E-state index contributed by atoms with van der Waals surface area (Å²) in [4.78, 5) is 13.2. The van der Waals surface area contributed by atoms with Gasteiger partial charge in [0, 0.05) is 0 Å². The molecular weight excluding hydrogens is 354 g/mol. The number of aryl methyl sites for hydroxylation is 2. The molecule has 0 spiro atoms. The van der Waals surface area contributed by atoms with Crippen LogP contribution in [0.3, 0.4) is 0 Å². The van der Waals surface area contributed by atoms with E-state index < -0.39 is 0 Å². The number of aromatic nitrogens is 1. The third kappa shape index (κ3) is 3.60. The van der Waals surface area contributed by atoms with E-state index in [1.54, 1.807) is 6.08 Å². The highest BCUT2D eigenvalue weighted by Crippen LogP contribution is 2.12. The first-order valence-electron chi connectivity index (χ1n) is 8.52. The molecule has 0 N–H and O–H groups in total. The number of para-hydroxylation sites is 1. The van der Waals surface area contributed by atoms with Crippen LogP contribution in [0.15, 0.2) is 53.3 Å². The number of nitrogens with zero attached hydrogens (tertiary/aromatic N) is 3. The van der Waals surface area contributed by atoms with E-state index in [1.807, 2.05) is 74.5 Å². The van der Waals surface area contributed by atoms with Gasteiger partial charge in [-0.2, -0.15) is 10.5 Å². The van der Waals surface area contributed by atoms with Gasteiger partial charge in [0.25, 0.3) is 5.56 Å². The van der Waals surface area contributed by atoms with Crippen molar-refractivity contribution in [1.82, 2.24) is 4.57 Å². The third-order valence-corrected chi connectivity index (χ3v) is 5.34. The van der Waals surface area contributed by atoms with Crippen LogP contribution >= 0.6 is 11.3 Å². The van der Waals surface area contributed by atoms with E-state index in [2.05, 4.69) is 0 Å². The van der Waals surface area contributed by atoms with E-state index in [4.69, 9.17) is 0 Å². The highest BCUT2D eigenvalue weighted by Gasteiger charge is 2.13. The number of benzene rings is 2. The number of hydrogen-bond acceptors (Lipinski definition) is 4. The second kappa shape index (κ2) is 7.86. The highest BCUT2D eigenvalue weighted by atomic mass is 32.1. The zero-order valence-corrected chi connectivity index (χ0v) is 15.9. The normalized spacial score (nSPS) is 11.0. The Labute approximate surface area is 161 Å². The zero-order valence-electron chi connectivity index (χ0n) is 15.1. The molecule has 0 aliphatic heterocycles. The van der Waals surface area contributed by atoms with Crippen molar-refractivity contribution < 1.29 is 0 Å². The van der Waals surface area contributed by atoms with Gasteiger partial charge in [-0.15, -0.1) is 11.3 Å². The molecule has 3 aromatic rings. The minimum atomic E-state index is -0.223. The van der Waals surface area contributed by atoms with E-state index >= 15 is 0 Å². The van der Waals surface area contributed by atoms with Crippen LogP contribution in [-0.4, -0.2) is 4.57 Å². The molecule has 0 unspecified atom stereocenters. The maximum atomic E-state index is 13.2. The average molecular weight is 371 g/mol. The van der Waals surface area contributed by atoms with E-state index in [1.165, 1.54) is 15.9 Å². The smallest absolute Gasteiger partial charge is 0.267 e. The Hall–Kier alpha value is -3.41. The van der Waals surface area contributed by atoms with Crippen molar-refractivity contribution in [2.24, 2.45) is 0 Å². The highest BCUT2D eigenvalue weighted by molar-refractivity contribution is 7.07. The monoisotopic (exact) mass is 371 g/mol. The molecule has 3 rings (SSSR count). The fraction of sp³-hybridized carbons (Fsp3) is 0.136. The van der Waals surface area contributed by atoms with E-state index in [0.29, 0.717) is 14.9 Å². The Morgan fingerprint density at radius 3 is 2.41 bits per heavy atom. The summed E-state index contributed by atoms with van der Waals surface area (Å²) in [6.45, 7) is 4.01. The summed E-state index contributed by atoms with van der Waals surface area (Å²) < 4.78 is 2.35. The van der Waals surface area contributed by atoms with Gasteiger partial charge in [-0.25, -0.2) is 0 Å². The molecule has 0 radical (unpaired) electrons. The molecule has 0 saturated carbocycles. The maximum absolute atomic E-state index is 13.2. The van der Waals surface area contributed by atoms with Crippen LogP contribution < -0.4 is 14.8 Å². The minimum absolute atomic E-state index is 0.0634. The molecule has 0 bridgehead atoms. The Balaban J connectivity index is 2.41. The molecule has 2 aromatic carbocycles. The van der Waals surface area contributed by atoms with Gasteiger partial charge in [0.05, 0.1) is 10.2 Å². The van der Waals surface area contributed by atoms with Crippen molar-refractivity contribution in [1.29, 1.82) is 10.5 Å². The Morgan fingerprint density at radius 1 is 1.11 bits per heavy atom. The van der Waals surface area contributed by atoms with Crippen molar-refractivity contribution in [2.45, 2.75) is 20.3 Å².